The minimum Gasteiger partial charge on any atom is -0.497 e. The molecule has 22 nitrogen and oxygen atoms in total. The highest BCUT2D eigenvalue weighted by molar-refractivity contribution is 8.01. The maximum absolute atomic E-state index is 13.6. The van der Waals surface area contributed by atoms with Crippen LogP contribution in [0.3, 0.4) is 0 Å². The molecular formula is C110H110N8O14S8. The molecule has 7 N–H and O–H groups in total. The normalized spacial score (nSPS) is 16.6. The molecule has 5 aliphatic rings. The Morgan fingerprint density at radius 1 is 0.379 bits per heavy atom. The molecule has 4 atom stereocenters. The van der Waals surface area contributed by atoms with E-state index in [9.17, 15) is 40.0 Å². The summed E-state index contributed by atoms with van der Waals surface area (Å²) in [6, 6.07) is 81.0. The zero-order valence-corrected chi connectivity index (χ0v) is 85.2. The number of hydrogen-bond acceptors (Lipinski definition) is 27. The van der Waals surface area contributed by atoms with Crippen molar-refractivity contribution in [2.75, 3.05) is 61.9 Å². The number of methoxy groups -OCH3 is 5. The van der Waals surface area contributed by atoms with Crippen molar-refractivity contribution in [3.63, 3.8) is 0 Å². The van der Waals surface area contributed by atoms with Gasteiger partial charge in [0.05, 0.1) is 103 Å². The van der Waals surface area contributed by atoms with E-state index < -0.39 is 0 Å². The van der Waals surface area contributed by atoms with Crippen LogP contribution in [0, 0.1) is 6.92 Å². The Balaban J connectivity index is 0.000000141. The molecule has 30 heteroatoms. The van der Waals surface area contributed by atoms with Crippen LogP contribution in [-0.4, -0.2) is 135 Å². The van der Waals surface area contributed by atoms with E-state index in [-0.39, 0.29) is 47.4 Å². The molecule has 0 bridgehead atoms. The number of carbonyl (C=O) groups is 4. The van der Waals surface area contributed by atoms with Crippen molar-refractivity contribution >= 4 is 145 Å². The Morgan fingerprint density at radius 2 is 0.686 bits per heavy atom. The lowest BCUT2D eigenvalue weighted by molar-refractivity contribution is 0.0530. The van der Waals surface area contributed by atoms with Crippen molar-refractivity contribution in [2.45, 2.75) is 142 Å². The summed E-state index contributed by atoms with van der Waals surface area (Å²) >= 11 is 12.6. The molecule has 9 aromatic carbocycles. The number of carbonyl (C=O) groups excluding carboxylic acids is 4. The maximum Gasteiger partial charge on any atom is 0.348 e. The smallest absolute Gasteiger partial charge is 0.348 e. The molecule has 0 saturated carbocycles. The largest absolute Gasteiger partial charge is 0.497 e. The van der Waals surface area contributed by atoms with E-state index in [1.807, 2.05) is 196 Å². The van der Waals surface area contributed by atoms with E-state index in [1.165, 1.54) is 67.6 Å². The van der Waals surface area contributed by atoms with Crippen LogP contribution in [0.25, 0.3) is 0 Å². The van der Waals surface area contributed by atoms with Gasteiger partial charge in [-0.15, -0.1) is 92.4 Å². The minimum atomic E-state index is -0.312. The van der Waals surface area contributed by atoms with Gasteiger partial charge in [-0.25, -0.2) is 4.79 Å². The summed E-state index contributed by atoms with van der Waals surface area (Å²) in [6.45, 7) is 5.96. The third kappa shape index (κ3) is 25.8. The van der Waals surface area contributed by atoms with Crippen molar-refractivity contribution in [3.8, 4) is 23.0 Å². The van der Waals surface area contributed by atoms with Crippen molar-refractivity contribution in [2.24, 2.45) is 25.6 Å². The maximum atomic E-state index is 13.6. The number of esters is 1. The molecule has 722 valence electrons. The number of aliphatic imine (C=N–C) groups is 1. The van der Waals surface area contributed by atoms with Crippen LogP contribution in [0.2, 0.25) is 0 Å². The molecule has 5 heterocycles. The minimum absolute atomic E-state index is 0.0908. The van der Waals surface area contributed by atoms with Crippen LogP contribution in [0.4, 0.5) is 0 Å². The molecule has 3 amide bonds. The van der Waals surface area contributed by atoms with Crippen LogP contribution in [0.1, 0.15) is 202 Å². The van der Waals surface area contributed by atoms with E-state index >= 15 is 0 Å². The summed E-state index contributed by atoms with van der Waals surface area (Å²) in [4.78, 5) is 59.8. The number of fused-ring (bicyclic) bond motifs is 4. The van der Waals surface area contributed by atoms with Gasteiger partial charge in [-0.2, -0.15) is 0 Å². The lowest BCUT2D eigenvalue weighted by Crippen LogP contribution is -2.30. The number of thiophene rings is 4. The Hall–Kier alpha value is -12.5. The number of thioether (sulfide) groups is 4. The average Bonchev–Trinajstić information content (AvgIpc) is 1.61. The van der Waals surface area contributed by atoms with Gasteiger partial charge in [0.15, 0.2) is 0 Å². The Morgan fingerprint density at radius 3 is 0.979 bits per heavy atom. The quantitative estimate of drug-likeness (QED) is 0.00677. The first-order valence-electron chi connectivity index (χ1n) is 46.0. The van der Waals surface area contributed by atoms with Gasteiger partial charge in [0.25, 0.3) is 17.7 Å². The monoisotopic (exact) mass is 2020 g/mol. The number of oxime groups is 4. The molecule has 0 fully saturated rings. The molecule has 1 aliphatic heterocycles. The number of benzene rings is 9. The number of ether oxygens (including phenoxy) is 6. The molecule has 4 aliphatic carbocycles. The first kappa shape index (κ1) is 102. The fourth-order valence-electron chi connectivity index (χ4n) is 17.6. The predicted octanol–water partition coefficient (Wildman–Crippen LogP) is 24.7. The van der Waals surface area contributed by atoms with Crippen LogP contribution in [-0.2, 0) is 64.7 Å². The van der Waals surface area contributed by atoms with Gasteiger partial charge in [-0.3, -0.25) is 19.4 Å². The second-order valence-corrected chi connectivity index (χ2v) is 42.8. The number of amides is 3. The average molecular weight is 2020 g/mol. The number of hydrogen-bond donors (Lipinski definition) is 7. The molecular weight excluding hydrogens is 1910 g/mol. The van der Waals surface area contributed by atoms with Gasteiger partial charge >= 0.3 is 5.97 Å². The van der Waals surface area contributed by atoms with Gasteiger partial charge in [-0.1, -0.05) is 226 Å². The highest BCUT2D eigenvalue weighted by atomic mass is 32.2. The lowest BCUT2D eigenvalue weighted by atomic mass is 9.80. The second kappa shape index (κ2) is 50.6. The van der Waals surface area contributed by atoms with E-state index in [0.717, 1.165) is 153 Å². The fourth-order valence-corrected chi connectivity index (χ4v) is 27.7. The first-order valence-corrected chi connectivity index (χ1v) is 53.2. The van der Waals surface area contributed by atoms with E-state index in [2.05, 4.69) is 108 Å². The molecule has 0 spiro atoms. The van der Waals surface area contributed by atoms with Gasteiger partial charge in [0.1, 0.15) is 27.9 Å². The van der Waals surface area contributed by atoms with Gasteiger partial charge in [0, 0.05) is 109 Å². The number of nitrogens with zero attached hydrogens (tertiary/aromatic N) is 5. The van der Waals surface area contributed by atoms with Crippen molar-refractivity contribution in [1.29, 1.82) is 0 Å². The van der Waals surface area contributed by atoms with Crippen molar-refractivity contribution in [3.05, 3.63) is 375 Å². The van der Waals surface area contributed by atoms with Crippen LogP contribution in [0.5, 0.6) is 23.0 Å². The van der Waals surface area contributed by atoms with E-state index in [1.54, 1.807) is 88.8 Å². The third-order valence-corrected chi connectivity index (χ3v) is 34.9. The van der Waals surface area contributed by atoms with Crippen LogP contribution in [0.15, 0.2) is 297 Å². The molecule has 4 aromatic heterocycles. The summed E-state index contributed by atoms with van der Waals surface area (Å²) in [5.41, 5.74) is 22.5. The van der Waals surface area contributed by atoms with Gasteiger partial charge in [0.2, 0.25) is 0 Å². The van der Waals surface area contributed by atoms with Crippen LogP contribution < -0.4 is 34.9 Å². The molecule has 4 unspecified atom stereocenters. The summed E-state index contributed by atoms with van der Waals surface area (Å²) in [5, 5.41) is 63.9. The molecule has 13 aromatic rings. The van der Waals surface area contributed by atoms with Gasteiger partial charge in [-0.05, 0) is 184 Å². The molecule has 18 rings (SSSR count). The number of nitrogens with one attached hydrogen (secondary N) is 3. The number of allylic oxidation sites excluding steroid dienone is 1. The van der Waals surface area contributed by atoms with Crippen LogP contribution >= 0.6 is 92.4 Å². The highest BCUT2D eigenvalue weighted by Gasteiger charge is 2.40. The number of aryl methyl sites for hydroxylation is 1. The number of rotatable bonds is 32. The SMILES string of the molecule is CCOC(=O)c1sc(SCc2ccccc2)c2c1CC(c1ccc(OC)cc1)C/C2=N\O.COCCNC(=O)c1sc(SCc2ccccc2)c2c1CC(c1ccc(OC)cc1)C/C2=N\O.COc1ccc(C2C/C(=N\O)c3c(SCc4ccccc4)sc(C(=O)NCC4=NC=CC4)c3C2)cc1.COc1ccc(C2C/C(=N\O)c3c(SCc4ccccc4)sc(C(=O)NCc4cccc(C)c4)c3C2)cc1. The lowest BCUT2D eigenvalue weighted by Gasteiger charge is -2.25. The summed E-state index contributed by atoms with van der Waals surface area (Å²) in [5.74, 6) is 6.09. The molecule has 0 radical (unpaired) electrons. The standard InChI is InChI=1S/C31H30N2O3S2.C28H27N3O3S2.C26H28N2O4S2.C25H25NO4S2/c1-20-7-6-10-22(15-20)18-32-30(34)29-26-16-24(23-11-13-25(36-2)14-12-23)17-27(33-35)28(26)31(38-29)37-19-21-8-4-3-5-9-21;1-34-22-11-9-19(10-12-22)20-14-23-25(24(15-20)31-33)28(35-17-18-6-3-2-4-7-18)36-26(23)27(32)30-16-21-8-5-13-29-21;1-31-13-12-27-25(29)24-21-14-19(18-8-10-20(32-2)11-9-18)15-22(28-30)23(21)26(34-24)33-16-17-6-4-3-5-7-17;1-3-30-24(27)23-20-13-18(17-9-11-19(29-2)12-10-17)14-21(26-28)22(20)25(32-23)31-15-16-7-5-4-6-8-16/h3-15,24,35H,16-19H2,1-2H3,(H,32,34);2-7,9-13,20,33H,8,14-17H2,1H3,(H,30,32);3-11,19,30H,12-16H2,1-2H3,(H,27,29);4-12,18,28H,3,13-15H2,1-2H3/b33-27+;31-24+;28-22+;26-21+. The fraction of sp³-hybridized carbons (Fsp3) is 0.264. The van der Waals surface area contributed by atoms with E-state index in [0.29, 0.717) is 127 Å². The third-order valence-electron chi connectivity index (χ3n) is 24.7. The van der Waals surface area contributed by atoms with Crippen molar-refractivity contribution < 1.29 is 68.4 Å². The van der Waals surface area contributed by atoms with Crippen molar-refractivity contribution in [1.82, 2.24) is 16.0 Å². The first-order chi connectivity index (χ1) is 68.5. The zero-order valence-electron chi connectivity index (χ0n) is 78.7. The predicted molar refractivity (Wildman–Crippen MR) is 567 cm³/mol. The second-order valence-electron chi connectivity index (χ2n) is 33.7. The highest BCUT2D eigenvalue weighted by Crippen LogP contribution is 2.51. The molecule has 0 saturated heterocycles. The Kier molecular flexibility index (Phi) is 36.8. The molecule has 140 heavy (non-hydrogen) atoms. The summed E-state index contributed by atoms with van der Waals surface area (Å²) < 4.78 is 35.7. The topological polar surface area (TPSA) is 302 Å². The van der Waals surface area contributed by atoms with E-state index in [4.69, 9.17) is 28.4 Å². The Labute approximate surface area is 849 Å². The summed E-state index contributed by atoms with van der Waals surface area (Å²) in [6.07, 6.45) is 9.75. The van der Waals surface area contributed by atoms with Gasteiger partial charge < -0.3 is 65.2 Å². The zero-order chi connectivity index (χ0) is 97.8. The Bertz CT molecular complexity index is 6610. The summed E-state index contributed by atoms with van der Waals surface area (Å²) in [7, 11) is 8.20.